The van der Waals surface area contributed by atoms with Crippen molar-refractivity contribution in [2.24, 2.45) is 11.8 Å². The SMILES string of the molecule is C[C@H](CO)N1C[C@H](C)[C@@H](CN(C)Cc2ccccn2)Oc2ncc(C#CCC3CCCC3)cc2C1=O. The van der Waals surface area contributed by atoms with Gasteiger partial charge in [0.15, 0.2) is 0 Å². The fourth-order valence-corrected chi connectivity index (χ4v) is 5.04. The zero-order valence-electron chi connectivity index (χ0n) is 21.7. The minimum absolute atomic E-state index is 0.0370. The molecule has 2 aromatic heterocycles. The fourth-order valence-electron chi connectivity index (χ4n) is 5.04. The number of likely N-dealkylation sites (N-methyl/N-ethyl adjacent to an activating group) is 1. The maximum Gasteiger partial charge on any atom is 0.259 e. The highest BCUT2D eigenvalue weighted by Gasteiger charge is 2.34. The average Bonchev–Trinajstić information content (AvgIpc) is 3.40. The number of aliphatic hydroxyl groups is 1. The van der Waals surface area contributed by atoms with Crippen LogP contribution in [-0.2, 0) is 6.54 Å². The predicted octanol–water partition coefficient (Wildman–Crippen LogP) is 3.76. The topological polar surface area (TPSA) is 78.8 Å². The summed E-state index contributed by atoms with van der Waals surface area (Å²) in [6, 6.07) is 7.39. The van der Waals surface area contributed by atoms with Crippen molar-refractivity contribution in [1.82, 2.24) is 19.8 Å². The smallest absolute Gasteiger partial charge is 0.259 e. The van der Waals surface area contributed by atoms with Gasteiger partial charge in [0, 0.05) is 49.9 Å². The first kappa shape index (κ1) is 26.1. The summed E-state index contributed by atoms with van der Waals surface area (Å²) in [7, 11) is 2.04. The van der Waals surface area contributed by atoms with Gasteiger partial charge < -0.3 is 14.7 Å². The lowest BCUT2D eigenvalue weighted by molar-refractivity contribution is 0.0324. The largest absolute Gasteiger partial charge is 0.472 e. The van der Waals surface area contributed by atoms with Crippen molar-refractivity contribution in [1.29, 1.82) is 0 Å². The number of nitrogens with zero attached hydrogens (tertiary/aromatic N) is 4. The van der Waals surface area contributed by atoms with Crippen LogP contribution >= 0.6 is 0 Å². The molecule has 4 rings (SSSR count). The molecule has 3 atom stereocenters. The van der Waals surface area contributed by atoms with E-state index in [0.29, 0.717) is 37.0 Å². The Bertz CT molecular complexity index is 1070. The summed E-state index contributed by atoms with van der Waals surface area (Å²) in [6.45, 7) is 5.67. The summed E-state index contributed by atoms with van der Waals surface area (Å²) in [6.07, 6.45) is 9.31. The van der Waals surface area contributed by atoms with Crippen LogP contribution in [0.3, 0.4) is 0 Å². The van der Waals surface area contributed by atoms with Crippen molar-refractivity contribution in [2.45, 2.75) is 64.6 Å². The summed E-state index contributed by atoms with van der Waals surface area (Å²) >= 11 is 0. The van der Waals surface area contributed by atoms with Gasteiger partial charge >= 0.3 is 0 Å². The van der Waals surface area contributed by atoms with Crippen molar-refractivity contribution < 1.29 is 14.6 Å². The highest BCUT2D eigenvalue weighted by molar-refractivity contribution is 5.97. The molecule has 1 aliphatic heterocycles. The van der Waals surface area contributed by atoms with Crippen LogP contribution in [0.5, 0.6) is 5.88 Å². The third-order valence-corrected chi connectivity index (χ3v) is 7.27. The third kappa shape index (κ3) is 6.63. The highest BCUT2D eigenvalue weighted by Crippen LogP contribution is 2.28. The van der Waals surface area contributed by atoms with E-state index in [1.165, 1.54) is 25.7 Å². The predicted molar refractivity (Wildman–Crippen MR) is 139 cm³/mol. The van der Waals surface area contributed by atoms with Crippen LogP contribution in [0.15, 0.2) is 36.7 Å². The summed E-state index contributed by atoms with van der Waals surface area (Å²) in [4.78, 5) is 26.5. The van der Waals surface area contributed by atoms with Gasteiger partial charge in [0.25, 0.3) is 5.91 Å². The number of fused-ring (bicyclic) bond motifs is 1. The lowest BCUT2D eigenvalue weighted by Crippen LogP contribution is -2.49. The van der Waals surface area contributed by atoms with Crippen LogP contribution in [0.2, 0.25) is 0 Å². The number of ether oxygens (including phenoxy) is 1. The molecule has 3 heterocycles. The van der Waals surface area contributed by atoms with Crippen molar-refractivity contribution >= 4 is 5.91 Å². The first-order valence-electron chi connectivity index (χ1n) is 13.1. The highest BCUT2D eigenvalue weighted by atomic mass is 16.5. The second-order valence-corrected chi connectivity index (χ2v) is 10.4. The van der Waals surface area contributed by atoms with E-state index < -0.39 is 0 Å². The van der Waals surface area contributed by atoms with Crippen LogP contribution < -0.4 is 4.74 Å². The molecule has 0 aromatic carbocycles. The molecule has 7 nitrogen and oxygen atoms in total. The number of aromatic nitrogens is 2. The molecule has 2 aromatic rings. The number of aliphatic hydroxyl groups excluding tert-OH is 1. The Morgan fingerprint density at radius 3 is 2.81 bits per heavy atom. The van der Waals surface area contributed by atoms with E-state index in [-0.39, 0.29) is 30.6 Å². The number of hydrogen-bond acceptors (Lipinski definition) is 6. The van der Waals surface area contributed by atoms with Gasteiger partial charge in [-0.3, -0.25) is 14.7 Å². The molecule has 192 valence electrons. The Morgan fingerprint density at radius 1 is 1.28 bits per heavy atom. The van der Waals surface area contributed by atoms with E-state index in [2.05, 4.69) is 33.6 Å². The minimum Gasteiger partial charge on any atom is -0.472 e. The lowest BCUT2D eigenvalue weighted by atomic mass is 9.99. The maximum absolute atomic E-state index is 13.6. The van der Waals surface area contributed by atoms with E-state index in [1.54, 1.807) is 23.4 Å². The fraction of sp³-hybridized carbons (Fsp3) is 0.552. The molecule has 1 aliphatic carbocycles. The second-order valence-electron chi connectivity index (χ2n) is 10.4. The number of carbonyl (C=O) groups is 1. The van der Waals surface area contributed by atoms with Gasteiger partial charge in [0.05, 0.1) is 18.3 Å². The molecule has 0 radical (unpaired) electrons. The normalized spacial score (nSPS) is 21.2. The number of rotatable bonds is 7. The molecule has 7 heteroatoms. The molecule has 0 unspecified atom stereocenters. The van der Waals surface area contributed by atoms with Crippen molar-refractivity contribution in [2.75, 3.05) is 26.7 Å². The van der Waals surface area contributed by atoms with Crippen molar-refractivity contribution in [3.8, 4) is 17.7 Å². The van der Waals surface area contributed by atoms with Crippen LogP contribution in [0.1, 0.15) is 67.6 Å². The van der Waals surface area contributed by atoms with E-state index >= 15 is 0 Å². The zero-order chi connectivity index (χ0) is 25.5. The Balaban J connectivity index is 1.57. The number of amides is 1. The van der Waals surface area contributed by atoms with Gasteiger partial charge in [-0.15, -0.1) is 0 Å². The Labute approximate surface area is 214 Å². The number of hydrogen-bond donors (Lipinski definition) is 1. The van der Waals surface area contributed by atoms with Crippen LogP contribution in [0.4, 0.5) is 0 Å². The van der Waals surface area contributed by atoms with E-state index in [4.69, 9.17) is 4.74 Å². The molecule has 0 spiro atoms. The zero-order valence-corrected chi connectivity index (χ0v) is 21.7. The maximum atomic E-state index is 13.6. The molecule has 1 fully saturated rings. The first-order chi connectivity index (χ1) is 17.4. The average molecular weight is 491 g/mol. The van der Waals surface area contributed by atoms with Gasteiger partial charge in [-0.25, -0.2) is 4.98 Å². The van der Waals surface area contributed by atoms with E-state index in [9.17, 15) is 9.90 Å². The summed E-state index contributed by atoms with van der Waals surface area (Å²) in [5.41, 5.74) is 2.12. The molecule has 0 saturated heterocycles. The molecule has 0 bridgehead atoms. The molecule has 1 saturated carbocycles. The van der Waals surface area contributed by atoms with Crippen molar-refractivity contribution in [3.63, 3.8) is 0 Å². The standard InChI is InChI=1S/C29H38N4O3/c1-21-17-33(22(2)20-34)29(35)26-15-24(12-8-11-23-9-4-5-10-23)16-31-28(26)36-27(21)19-32(3)18-25-13-6-7-14-30-25/h6-7,13-16,21-23,27,34H,4-5,9-11,17-20H2,1-3H3/t21-,22+,27+/m0/s1. The molecular formula is C29H38N4O3. The summed E-state index contributed by atoms with van der Waals surface area (Å²) in [5.74, 6) is 7.39. The van der Waals surface area contributed by atoms with Crippen molar-refractivity contribution in [3.05, 3.63) is 53.5 Å². The van der Waals surface area contributed by atoms with Crippen LogP contribution in [0.25, 0.3) is 0 Å². The molecule has 2 aliphatic rings. The quantitative estimate of drug-likeness (QED) is 0.596. The van der Waals surface area contributed by atoms with Crippen LogP contribution in [0, 0.1) is 23.7 Å². The van der Waals surface area contributed by atoms with Gasteiger partial charge in [-0.05, 0) is 50.9 Å². The lowest BCUT2D eigenvalue weighted by Gasteiger charge is -2.37. The van der Waals surface area contributed by atoms with E-state index in [0.717, 1.165) is 17.7 Å². The Hall–Kier alpha value is -2.95. The first-order valence-corrected chi connectivity index (χ1v) is 13.1. The third-order valence-electron chi connectivity index (χ3n) is 7.27. The van der Waals surface area contributed by atoms with Gasteiger partial charge in [-0.1, -0.05) is 37.7 Å². The summed E-state index contributed by atoms with van der Waals surface area (Å²) < 4.78 is 6.40. The molecule has 1 amide bonds. The minimum atomic E-state index is -0.310. The van der Waals surface area contributed by atoms with Gasteiger partial charge in [0.1, 0.15) is 11.7 Å². The summed E-state index contributed by atoms with van der Waals surface area (Å²) in [5, 5.41) is 9.87. The van der Waals surface area contributed by atoms with Crippen LogP contribution in [-0.4, -0.2) is 69.7 Å². The number of pyridine rings is 2. The Kier molecular flexibility index (Phi) is 8.95. The van der Waals surface area contributed by atoms with Gasteiger partial charge in [-0.2, -0.15) is 0 Å². The molecular weight excluding hydrogens is 452 g/mol. The Morgan fingerprint density at radius 2 is 2.08 bits per heavy atom. The molecule has 1 N–H and O–H groups in total. The second kappa shape index (κ2) is 12.3. The van der Waals surface area contributed by atoms with Gasteiger partial charge in [0.2, 0.25) is 5.88 Å². The monoisotopic (exact) mass is 490 g/mol. The molecule has 36 heavy (non-hydrogen) atoms. The van der Waals surface area contributed by atoms with E-state index in [1.807, 2.05) is 32.2 Å². The number of carbonyl (C=O) groups excluding carboxylic acids is 1.